The Morgan fingerprint density at radius 3 is 2.50 bits per heavy atom. The first-order chi connectivity index (χ1) is 8.64. The van der Waals surface area contributed by atoms with Crippen LogP contribution in [-0.2, 0) is 11.8 Å². The summed E-state index contributed by atoms with van der Waals surface area (Å²) in [4.78, 5) is 4.16. The van der Waals surface area contributed by atoms with E-state index in [2.05, 4.69) is 58.2 Å². The summed E-state index contributed by atoms with van der Waals surface area (Å²) in [6.45, 7) is 2.81. The molecule has 0 saturated carbocycles. The Balaban J connectivity index is 2.28. The van der Waals surface area contributed by atoms with E-state index in [0.717, 1.165) is 10.9 Å². The molecule has 0 aliphatic heterocycles. The molecule has 0 aliphatic rings. The quantitative estimate of drug-likeness (QED) is 0.941. The maximum Gasteiger partial charge on any atom is 0.0300 e. The van der Waals surface area contributed by atoms with Gasteiger partial charge in [-0.15, -0.1) is 0 Å². The van der Waals surface area contributed by atoms with E-state index in [1.807, 2.05) is 12.3 Å². The van der Waals surface area contributed by atoms with Gasteiger partial charge < -0.3 is 5.73 Å². The van der Waals surface area contributed by atoms with Crippen molar-refractivity contribution in [2.24, 2.45) is 5.73 Å². The van der Waals surface area contributed by atoms with Crippen LogP contribution in [0.1, 0.15) is 18.1 Å². The van der Waals surface area contributed by atoms with Crippen LogP contribution in [0.5, 0.6) is 0 Å². The predicted molar refractivity (Wildman–Crippen MR) is 78.5 cm³/mol. The van der Waals surface area contributed by atoms with Crippen molar-refractivity contribution >= 4 is 15.9 Å². The largest absolute Gasteiger partial charge is 0.330 e. The van der Waals surface area contributed by atoms with Crippen molar-refractivity contribution in [1.82, 2.24) is 4.98 Å². The summed E-state index contributed by atoms with van der Waals surface area (Å²) in [5.74, 6) is 0. The minimum atomic E-state index is -0.0519. The van der Waals surface area contributed by atoms with Gasteiger partial charge in [0.25, 0.3) is 0 Å². The lowest BCUT2D eigenvalue weighted by Gasteiger charge is -2.28. The van der Waals surface area contributed by atoms with Crippen LogP contribution < -0.4 is 5.73 Å². The van der Waals surface area contributed by atoms with E-state index < -0.39 is 0 Å². The summed E-state index contributed by atoms with van der Waals surface area (Å²) < 4.78 is 1.09. The third-order valence-electron chi connectivity index (χ3n) is 3.31. The summed E-state index contributed by atoms with van der Waals surface area (Å²) in [6, 6.07) is 12.5. The van der Waals surface area contributed by atoms with E-state index in [9.17, 15) is 0 Å². The molecule has 2 nitrogen and oxygen atoms in total. The Morgan fingerprint density at radius 2 is 1.94 bits per heavy atom. The number of rotatable bonds is 4. The molecule has 94 valence electrons. The molecule has 1 unspecified atom stereocenters. The van der Waals surface area contributed by atoms with Gasteiger partial charge in [-0.25, -0.2) is 0 Å². The number of pyridine rings is 1. The van der Waals surface area contributed by atoms with Gasteiger partial charge in [0.2, 0.25) is 0 Å². The molecule has 2 N–H and O–H groups in total. The van der Waals surface area contributed by atoms with E-state index in [1.54, 1.807) is 6.20 Å². The second-order valence-electron chi connectivity index (χ2n) is 4.81. The van der Waals surface area contributed by atoms with Crippen LogP contribution in [-0.4, -0.2) is 11.5 Å². The second kappa shape index (κ2) is 5.63. The Morgan fingerprint density at radius 1 is 1.22 bits per heavy atom. The van der Waals surface area contributed by atoms with E-state index >= 15 is 0 Å². The van der Waals surface area contributed by atoms with Gasteiger partial charge in [-0.3, -0.25) is 4.98 Å². The van der Waals surface area contributed by atoms with Gasteiger partial charge in [-0.05, 0) is 35.7 Å². The normalized spacial score (nSPS) is 14.2. The lowest BCUT2D eigenvalue weighted by molar-refractivity contribution is 0.480. The first-order valence-electron chi connectivity index (χ1n) is 5.99. The van der Waals surface area contributed by atoms with Gasteiger partial charge >= 0.3 is 0 Å². The highest BCUT2D eigenvalue weighted by molar-refractivity contribution is 9.10. The van der Waals surface area contributed by atoms with Gasteiger partial charge in [0.05, 0.1) is 0 Å². The van der Waals surface area contributed by atoms with Crippen molar-refractivity contribution in [1.29, 1.82) is 0 Å². The summed E-state index contributed by atoms with van der Waals surface area (Å²) in [5.41, 5.74) is 8.42. The van der Waals surface area contributed by atoms with Crippen molar-refractivity contribution in [2.45, 2.75) is 18.8 Å². The zero-order valence-electron chi connectivity index (χ0n) is 10.4. The van der Waals surface area contributed by atoms with E-state index in [-0.39, 0.29) is 5.41 Å². The molecule has 0 saturated heterocycles. The minimum absolute atomic E-state index is 0.0519. The summed E-state index contributed by atoms with van der Waals surface area (Å²) in [7, 11) is 0. The van der Waals surface area contributed by atoms with Gasteiger partial charge in [-0.1, -0.05) is 41.1 Å². The zero-order chi connectivity index (χ0) is 13.0. The molecule has 3 heteroatoms. The minimum Gasteiger partial charge on any atom is -0.330 e. The van der Waals surface area contributed by atoms with Gasteiger partial charge in [0, 0.05) is 28.8 Å². The molecular formula is C15H17BrN2. The van der Waals surface area contributed by atoms with E-state index in [0.29, 0.717) is 6.54 Å². The summed E-state index contributed by atoms with van der Waals surface area (Å²) in [5, 5.41) is 0. The van der Waals surface area contributed by atoms with Gasteiger partial charge in [0.15, 0.2) is 0 Å². The first-order valence-corrected chi connectivity index (χ1v) is 6.78. The third-order valence-corrected chi connectivity index (χ3v) is 3.84. The van der Waals surface area contributed by atoms with Crippen molar-refractivity contribution < 1.29 is 0 Å². The molecule has 0 aliphatic carbocycles. The van der Waals surface area contributed by atoms with E-state index in [1.165, 1.54) is 11.1 Å². The molecule has 1 aromatic heterocycles. The highest BCUT2D eigenvalue weighted by Gasteiger charge is 2.25. The average molecular weight is 305 g/mol. The fourth-order valence-electron chi connectivity index (χ4n) is 2.10. The van der Waals surface area contributed by atoms with Crippen LogP contribution in [0.4, 0.5) is 0 Å². The van der Waals surface area contributed by atoms with Crippen molar-refractivity contribution in [3.63, 3.8) is 0 Å². The maximum absolute atomic E-state index is 5.99. The van der Waals surface area contributed by atoms with Crippen molar-refractivity contribution in [3.05, 3.63) is 64.4 Å². The predicted octanol–water partition coefficient (Wildman–Crippen LogP) is 3.30. The molecule has 1 atom stereocenters. The molecular weight excluding hydrogens is 288 g/mol. The van der Waals surface area contributed by atoms with Crippen molar-refractivity contribution in [3.8, 4) is 0 Å². The summed E-state index contributed by atoms with van der Waals surface area (Å²) >= 11 is 3.46. The Kier molecular flexibility index (Phi) is 4.15. The molecule has 2 aromatic rings. The van der Waals surface area contributed by atoms with Crippen LogP contribution >= 0.6 is 15.9 Å². The molecule has 0 amide bonds. The number of hydrogen-bond acceptors (Lipinski definition) is 2. The molecule has 0 fully saturated rings. The van der Waals surface area contributed by atoms with Gasteiger partial charge in [-0.2, -0.15) is 0 Å². The second-order valence-corrected chi connectivity index (χ2v) is 5.73. The SMILES string of the molecule is CC(CN)(Cc1cccnc1)c1ccc(Br)cc1. The molecule has 2 rings (SSSR count). The average Bonchev–Trinajstić information content (AvgIpc) is 2.40. The van der Waals surface area contributed by atoms with Crippen molar-refractivity contribution in [2.75, 3.05) is 6.54 Å². The number of halogens is 1. The van der Waals surface area contributed by atoms with Crippen LogP contribution in [0.25, 0.3) is 0 Å². The maximum atomic E-state index is 5.99. The van der Waals surface area contributed by atoms with Crippen LogP contribution in [0.15, 0.2) is 53.3 Å². The molecule has 1 aromatic carbocycles. The molecule has 0 bridgehead atoms. The number of nitrogens with zero attached hydrogens (tertiary/aromatic N) is 1. The Hall–Kier alpha value is -1.19. The molecule has 0 radical (unpaired) electrons. The standard InChI is InChI=1S/C15H17BrN2/c1-15(11-17,9-12-3-2-8-18-10-12)13-4-6-14(16)7-5-13/h2-8,10H,9,11,17H2,1H3. The lowest BCUT2D eigenvalue weighted by Crippen LogP contribution is -2.34. The smallest absolute Gasteiger partial charge is 0.0300 e. The topological polar surface area (TPSA) is 38.9 Å². The fourth-order valence-corrected chi connectivity index (χ4v) is 2.36. The van der Waals surface area contributed by atoms with Crippen LogP contribution in [0, 0.1) is 0 Å². The fraction of sp³-hybridized carbons (Fsp3) is 0.267. The zero-order valence-corrected chi connectivity index (χ0v) is 12.0. The Labute approximate surface area is 116 Å². The lowest BCUT2D eigenvalue weighted by atomic mass is 9.78. The number of hydrogen-bond donors (Lipinski definition) is 1. The highest BCUT2D eigenvalue weighted by atomic mass is 79.9. The first kappa shape index (κ1) is 13.2. The Bertz CT molecular complexity index is 496. The van der Waals surface area contributed by atoms with Crippen LogP contribution in [0.2, 0.25) is 0 Å². The number of benzene rings is 1. The summed E-state index contributed by atoms with van der Waals surface area (Å²) in [6.07, 6.45) is 4.61. The number of aromatic nitrogens is 1. The highest BCUT2D eigenvalue weighted by Crippen LogP contribution is 2.28. The third kappa shape index (κ3) is 2.98. The monoisotopic (exact) mass is 304 g/mol. The molecule has 18 heavy (non-hydrogen) atoms. The van der Waals surface area contributed by atoms with Crippen LogP contribution in [0.3, 0.4) is 0 Å². The number of nitrogens with two attached hydrogens (primary N) is 1. The van der Waals surface area contributed by atoms with E-state index in [4.69, 9.17) is 5.73 Å². The van der Waals surface area contributed by atoms with Gasteiger partial charge in [0.1, 0.15) is 0 Å². The molecule has 1 heterocycles. The molecule has 0 spiro atoms.